The number of hydrogen-bond donors (Lipinski definition) is 1. The maximum Gasteiger partial charge on any atom is 0.0762 e. The molecular weight excluding hydrogens is 192 g/mol. The van der Waals surface area contributed by atoms with E-state index in [1.165, 1.54) is 0 Å². The van der Waals surface area contributed by atoms with Gasteiger partial charge in [-0.2, -0.15) is 0 Å². The van der Waals surface area contributed by atoms with E-state index < -0.39 is 6.10 Å². The van der Waals surface area contributed by atoms with Gasteiger partial charge >= 0.3 is 0 Å². The summed E-state index contributed by atoms with van der Waals surface area (Å²) >= 11 is 1.69. The van der Waals surface area contributed by atoms with E-state index in [4.69, 9.17) is 0 Å². The Kier molecular flexibility index (Phi) is 4.58. The zero-order valence-electron chi connectivity index (χ0n) is 8.45. The van der Waals surface area contributed by atoms with E-state index in [0.717, 1.165) is 16.2 Å². The van der Waals surface area contributed by atoms with Crippen LogP contribution in [0.1, 0.15) is 25.5 Å². The molecule has 0 aromatic heterocycles. The molecule has 0 saturated heterocycles. The quantitative estimate of drug-likeness (QED) is 0.606. The van der Waals surface area contributed by atoms with Gasteiger partial charge in [-0.05, 0) is 31.5 Å². The number of thioether (sulfide) groups is 1. The van der Waals surface area contributed by atoms with Crippen molar-refractivity contribution in [2.45, 2.75) is 24.8 Å². The molecule has 0 amide bonds. The minimum Gasteiger partial charge on any atom is -0.389 e. The second-order valence-electron chi connectivity index (χ2n) is 2.96. The third-order valence-electron chi connectivity index (χ3n) is 1.83. The van der Waals surface area contributed by atoms with Crippen molar-refractivity contribution >= 4 is 11.8 Å². The molecular formula is C12H14OS. The molecule has 0 aliphatic heterocycles. The topological polar surface area (TPSA) is 20.2 Å². The van der Waals surface area contributed by atoms with E-state index >= 15 is 0 Å². The first-order chi connectivity index (χ1) is 6.74. The van der Waals surface area contributed by atoms with Crippen LogP contribution in [-0.2, 0) is 0 Å². The largest absolute Gasteiger partial charge is 0.389 e. The van der Waals surface area contributed by atoms with Crippen molar-refractivity contribution in [2.24, 2.45) is 0 Å². The van der Waals surface area contributed by atoms with Crippen LogP contribution in [0.4, 0.5) is 0 Å². The predicted molar refractivity (Wildman–Crippen MR) is 61.2 cm³/mol. The lowest BCUT2D eigenvalue weighted by Crippen LogP contribution is -1.90. The summed E-state index contributed by atoms with van der Waals surface area (Å²) < 4.78 is 0. The van der Waals surface area contributed by atoms with Crippen molar-refractivity contribution < 1.29 is 5.11 Å². The molecule has 2 heteroatoms. The zero-order valence-corrected chi connectivity index (χ0v) is 9.27. The molecule has 0 bridgehead atoms. The third-order valence-corrected chi connectivity index (χ3v) is 2.70. The summed E-state index contributed by atoms with van der Waals surface area (Å²) in [5, 5.41) is 9.38. The van der Waals surface area contributed by atoms with Gasteiger partial charge in [-0.3, -0.25) is 0 Å². The Balaban J connectivity index is 2.67. The number of aliphatic hydroxyl groups is 1. The fourth-order valence-electron chi connectivity index (χ4n) is 1.06. The van der Waals surface area contributed by atoms with Crippen molar-refractivity contribution in [3.63, 3.8) is 0 Å². The van der Waals surface area contributed by atoms with E-state index in [1.807, 2.05) is 31.2 Å². The summed E-state index contributed by atoms with van der Waals surface area (Å²) in [6.45, 7) is 3.61. The molecule has 1 aromatic carbocycles. The highest BCUT2D eigenvalue weighted by Gasteiger charge is 2.00. The Bertz CT molecular complexity index is 347. The van der Waals surface area contributed by atoms with Gasteiger partial charge in [0, 0.05) is 4.90 Å². The van der Waals surface area contributed by atoms with Crippen LogP contribution in [0.15, 0.2) is 29.2 Å². The molecule has 0 saturated carbocycles. The van der Waals surface area contributed by atoms with Crippen LogP contribution in [0.25, 0.3) is 0 Å². The van der Waals surface area contributed by atoms with E-state index in [-0.39, 0.29) is 0 Å². The average molecular weight is 206 g/mol. The van der Waals surface area contributed by atoms with Gasteiger partial charge in [0.1, 0.15) is 0 Å². The highest BCUT2D eigenvalue weighted by molar-refractivity contribution is 7.99. The Hall–Kier alpha value is -0.910. The lowest BCUT2D eigenvalue weighted by Gasteiger charge is -2.05. The molecule has 0 aliphatic carbocycles. The summed E-state index contributed by atoms with van der Waals surface area (Å²) in [6, 6.07) is 7.94. The molecule has 1 nitrogen and oxygen atoms in total. The van der Waals surface area contributed by atoms with Crippen LogP contribution >= 0.6 is 11.8 Å². The van der Waals surface area contributed by atoms with Crippen LogP contribution in [0.3, 0.4) is 0 Å². The van der Waals surface area contributed by atoms with E-state index in [9.17, 15) is 5.11 Å². The molecule has 1 unspecified atom stereocenters. The molecule has 1 rings (SSSR count). The SMILES string of the molecule is CC#CCSc1cccc(C(C)O)c1. The van der Waals surface area contributed by atoms with Crippen molar-refractivity contribution in [1.82, 2.24) is 0 Å². The summed E-state index contributed by atoms with van der Waals surface area (Å²) in [4.78, 5) is 1.16. The van der Waals surface area contributed by atoms with Gasteiger partial charge in [0.25, 0.3) is 0 Å². The smallest absolute Gasteiger partial charge is 0.0762 e. The fourth-order valence-corrected chi connectivity index (χ4v) is 1.83. The van der Waals surface area contributed by atoms with Crippen molar-refractivity contribution in [3.05, 3.63) is 29.8 Å². The number of hydrogen-bond acceptors (Lipinski definition) is 2. The minimum absolute atomic E-state index is 0.396. The molecule has 0 aliphatic rings. The van der Waals surface area contributed by atoms with Gasteiger partial charge in [-0.25, -0.2) is 0 Å². The molecule has 14 heavy (non-hydrogen) atoms. The van der Waals surface area contributed by atoms with Crippen LogP contribution < -0.4 is 0 Å². The molecule has 0 radical (unpaired) electrons. The second-order valence-corrected chi connectivity index (χ2v) is 4.01. The van der Waals surface area contributed by atoms with E-state index in [0.29, 0.717) is 0 Å². The van der Waals surface area contributed by atoms with Gasteiger partial charge in [0.2, 0.25) is 0 Å². The van der Waals surface area contributed by atoms with E-state index in [2.05, 4.69) is 11.8 Å². The van der Waals surface area contributed by atoms with Crippen LogP contribution in [-0.4, -0.2) is 10.9 Å². The minimum atomic E-state index is -0.396. The number of aliphatic hydroxyl groups excluding tert-OH is 1. The Morgan fingerprint density at radius 3 is 2.93 bits per heavy atom. The van der Waals surface area contributed by atoms with Crippen molar-refractivity contribution in [3.8, 4) is 11.8 Å². The summed E-state index contributed by atoms with van der Waals surface area (Å²) in [6.07, 6.45) is -0.396. The molecule has 0 fully saturated rings. The van der Waals surface area contributed by atoms with Crippen molar-refractivity contribution in [2.75, 3.05) is 5.75 Å². The van der Waals surface area contributed by atoms with Gasteiger partial charge in [0.15, 0.2) is 0 Å². The van der Waals surface area contributed by atoms with Gasteiger partial charge in [0.05, 0.1) is 11.9 Å². The Morgan fingerprint density at radius 2 is 2.29 bits per heavy atom. The van der Waals surface area contributed by atoms with Crippen molar-refractivity contribution in [1.29, 1.82) is 0 Å². The van der Waals surface area contributed by atoms with Gasteiger partial charge < -0.3 is 5.11 Å². The maximum absolute atomic E-state index is 9.38. The Labute approximate surface area is 89.5 Å². The van der Waals surface area contributed by atoms with Gasteiger partial charge in [-0.1, -0.05) is 18.1 Å². The first-order valence-corrected chi connectivity index (χ1v) is 5.53. The first kappa shape index (κ1) is 11.2. The highest BCUT2D eigenvalue weighted by atomic mass is 32.2. The highest BCUT2D eigenvalue weighted by Crippen LogP contribution is 2.21. The predicted octanol–water partition coefficient (Wildman–Crippen LogP) is 2.86. The monoisotopic (exact) mass is 206 g/mol. The number of rotatable bonds is 3. The van der Waals surface area contributed by atoms with E-state index in [1.54, 1.807) is 18.7 Å². The summed E-state index contributed by atoms with van der Waals surface area (Å²) in [7, 11) is 0. The normalized spacial score (nSPS) is 11.6. The lowest BCUT2D eigenvalue weighted by atomic mass is 10.1. The lowest BCUT2D eigenvalue weighted by molar-refractivity contribution is 0.199. The summed E-state index contributed by atoms with van der Waals surface area (Å²) in [5.74, 6) is 6.66. The summed E-state index contributed by atoms with van der Waals surface area (Å²) in [5.41, 5.74) is 0.958. The molecule has 1 N–H and O–H groups in total. The van der Waals surface area contributed by atoms with Crippen LogP contribution in [0.5, 0.6) is 0 Å². The molecule has 0 heterocycles. The average Bonchev–Trinajstić information content (AvgIpc) is 2.19. The number of benzene rings is 1. The second kappa shape index (κ2) is 5.74. The van der Waals surface area contributed by atoms with Crippen LogP contribution in [0, 0.1) is 11.8 Å². The third kappa shape index (κ3) is 3.45. The maximum atomic E-state index is 9.38. The molecule has 74 valence electrons. The molecule has 0 spiro atoms. The van der Waals surface area contributed by atoms with Gasteiger partial charge in [-0.15, -0.1) is 17.7 Å². The standard InChI is InChI=1S/C12H14OS/c1-3-4-8-14-12-7-5-6-11(9-12)10(2)13/h5-7,9-10,13H,8H2,1-2H3. The molecule has 1 aromatic rings. The zero-order chi connectivity index (χ0) is 10.4. The first-order valence-electron chi connectivity index (χ1n) is 4.54. The fraction of sp³-hybridized carbons (Fsp3) is 0.333. The molecule has 1 atom stereocenters. The van der Waals surface area contributed by atoms with Crippen LogP contribution in [0.2, 0.25) is 0 Å². The Morgan fingerprint density at radius 1 is 1.50 bits per heavy atom.